The van der Waals surface area contributed by atoms with E-state index >= 15 is 0 Å². The van der Waals surface area contributed by atoms with E-state index in [1.807, 2.05) is 0 Å². The Hall–Kier alpha value is -3.43. The molecule has 0 unspecified atom stereocenters. The Labute approximate surface area is 209 Å². The molecule has 1 N–H and O–H groups in total. The maximum Gasteiger partial charge on any atom is 0.416 e. The Balaban J connectivity index is 1.78. The molecule has 0 aliphatic carbocycles. The van der Waals surface area contributed by atoms with Gasteiger partial charge in [0.2, 0.25) is 0 Å². The van der Waals surface area contributed by atoms with Crippen LogP contribution in [0.1, 0.15) is 16.7 Å². The van der Waals surface area contributed by atoms with Crippen molar-refractivity contribution < 1.29 is 32.3 Å². The summed E-state index contributed by atoms with van der Waals surface area (Å²) in [4.78, 5) is 17.0. The molecular weight excluding hydrogens is 508 g/mol. The van der Waals surface area contributed by atoms with Crippen molar-refractivity contribution in [3.8, 4) is 17.2 Å². The van der Waals surface area contributed by atoms with E-state index in [0.717, 1.165) is 12.1 Å². The highest BCUT2D eigenvalue weighted by Crippen LogP contribution is 2.40. The Bertz CT molecular complexity index is 1210. The second-order valence-corrected chi connectivity index (χ2v) is 7.80. The zero-order valence-electron chi connectivity index (χ0n) is 18.5. The summed E-state index contributed by atoms with van der Waals surface area (Å²) in [5.41, 5.74) is 0.420. The Morgan fingerprint density at radius 3 is 2.20 bits per heavy atom. The highest BCUT2D eigenvalue weighted by Gasteiger charge is 2.30. The van der Waals surface area contributed by atoms with Crippen molar-refractivity contribution in [2.75, 3.05) is 14.2 Å². The highest BCUT2D eigenvalue weighted by atomic mass is 35.5. The number of carbonyl (C=O) groups excluding carboxylic acids is 1. The first-order valence-electron chi connectivity index (χ1n) is 10.0. The number of oxime groups is 1. The Kier molecular flexibility index (Phi) is 8.48. The molecular formula is C24H19Cl2F3N2O4. The van der Waals surface area contributed by atoms with Gasteiger partial charge in [0, 0.05) is 24.7 Å². The zero-order valence-corrected chi connectivity index (χ0v) is 20.0. The van der Waals surface area contributed by atoms with Crippen molar-refractivity contribution in [2.45, 2.75) is 12.8 Å². The number of alkyl halides is 3. The molecule has 0 saturated heterocycles. The van der Waals surface area contributed by atoms with Crippen molar-refractivity contribution in [3.63, 3.8) is 0 Å². The molecule has 184 valence electrons. The molecule has 0 atom stereocenters. The Morgan fingerprint density at radius 1 is 1.00 bits per heavy atom. The molecule has 3 rings (SSSR count). The zero-order chi connectivity index (χ0) is 25.6. The molecule has 11 heteroatoms. The maximum absolute atomic E-state index is 12.8. The summed E-state index contributed by atoms with van der Waals surface area (Å²) in [5, 5.41) is 6.49. The predicted octanol–water partition coefficient (Wildman–Crippen LogP) is 6.48. The number of benzene rings is 3. The minimum atomic E-state index is -4.46. The maximum atomic E-state index is 12.8. The molecule has 0 aromatic heterocycles. The van der Waals surface area contributed by atoms with Crippen LogP contribution in [0.25, 0.3) is 0 Å². The van der Waals surface area contributed by atoms with Gasteiger partial charge in [-0.1, -0.05) is 52.6 Å². The summed E-state index contributed by atoms with van der Waals surface area (Å²) in [6.45, 7) is 0.0433. The van der Waals surface area contributed by atoms with Crippen LogP contribution in [0.4, 0.5) is 13.2 Å². The second-order valence-electron chi connectivity index (χ2n) is 6.99. The van der Waals surface area contributed by atoms with Gasteiger partial charge < -0.3 is 19.6 Å². The first-order valence-corrected chi connectivity index (χ1v) is 10.8. The topological polar surface area (TPSA) is 69.2 Å². The predicted molar refractivity (Wildman–Crippen MR) is 126 cm³/mol. The van der Waals surface area contributed by atoms with Gasteiger partial charge in [0.05, 0.1) is 15.6 Å². The van der Waals surface area contributed by atoms with Crippen LogP contribution in [0.5, 0.6) is 17.2 Å². The van der Waals surface area contributed by atoms with Crippen LogP contribution < -0.4 is 14.8 Å². The summed E-state index contributed by atoms with van der Waals surface area (Å²) in [6, 6.07) is 14.0. The molecule has 0 bridgehead atoms. The number of amides is 1. The van der Waals surface area contributed by atoms with Crippen molar-refractivity contribution in [2.24, 2.45) is 5.16 Å². The number of likely N-dealkylation sites (N-methyl/N-ethyl adjacent to an activating group) is 1. The fourth-order valence-electron chi connectivity index (χ4n) is 3.01. The third-order valence-corrected chi connectivity index (χ3v) is 5.23. The molecule has 0 heterocycles. The van der Waals surface area contributed by atoms with Crippen molar-refractivity contribution in [1.82, 2.24) is 5.32 Å². The summed E-state index contributed by atoms with van der Waals surface area (Å²) in [7, 11) is 2.81. The lowest BCUT2D eigenvalue weighted by Crippen LogP contribution is -2.29. The van der Waals surface area contributed by atoms with Crippen LogP contribution in [0.3, 0.4) is 0 Å². The van der Waals surface area contributed by atoms with Crippen LogP contribution >= 0.6 is 23.2 Å². The first-order chi connectivity index (χ1) is 16.6. The van der Waals surface area contributed by atoms with E-state index in [0.29, 0.717) is 16.9 Å². The van der Waals surface area contributed by atoms with Gasteiger partial charge in [-0.3, -0.25) is 4.79 Å². The van der Waals surface area contributed by atoms with Crippen molar-refractivity contribution >= 4 is 34.8 Å². The monoisotopic (exact) mass is 526 g/mol. The van der Waals surface area contributed by atoms with Gasteiger partial charge in [-0.15, -0.1) is 0 Å². The number of rotatable bonds is 8. The van der Waals surface area contributed by atoms with Gasteiger partial charge in [0.25, 0.3) is 5.91 Å². The van der Waals surface area contributed by atoms with E-state index in [1.54, 1.807) is 24.3 Å². The lowest BCUT2D eigenvalue weighted by molar-refractivity contribution is -0.137. The molecule has 0 spiro atoms. The number of carbonyl (C=O) groups is 1. The summed E-state index contributed by atoms with van der Waals surface area (Å²) in [6.07, 6.45) is -4.46. The van der Waals surface area contributed by atoms with E-state index in [2.05, 4.69) is 10.5 Å². The average molecular weight is 527 g/mol. The van der Waals surface area contributed by atoms with E-state index in [4.69, 9.17) is 37.5 Å². The molecule has 0 saturated carbocycles. The summed E-state index contributed by atoms with van der Waals surface area (Å²) in [5.74, 6) is 0.0634. The molecule has 0 radical (unpaired) electrons. The quantitative estimate of drug-likeness (QED) is 0.269. The van der Waals surface area contributed by atoms with Gasteiger partial charge in [-0.25, -0.2) is 0 Å². The molecule has 0 aliphatic rings. The van der Waals surface area contributed by atoms with Crippen molar-refractivity contribution in [3.05, 3.63) is 87.4 Å². The molecule has 6 nitrogen and oxygen atoms in total. The van der Waals surface area contributed by atoms with Crippen molar-refractivity contribution in [1.29, 1.82) is 0 Å². The number of halogens is 5. The van der Waals surface area contributed by atoms with Crippen LogP contribution in [-0.4, -0.2) is 25.8 Å². The van der Waals surface area contributed by atoms with Gasteiger partial charge in [-0.2, -0.15) is 13.2 Å². The van der Waals surface area contributed by atoms with Crippen LogP contribution in [0, 0.1) is 0 Å². The lowest BCUT2D eigenvalue weighted by Gasteiger charge is -2.15. The summed E-state index contributed by atoms with van der Waals surface area (Å²) >= 11 is 12.6. The number of hydrogen-bond acceptors (Lipinski definition) is 5. The molecule has 35 heavy (non-hydrogen) atoms. The van der Waals surface area contributed by atoms with Crippen LogP contribution in [0.2, 0.25) is 10.0 Å². The summed E-state index contributed by atoms with van der Waals surface area (Å²) < 4.78 is 49.6. The van der Waals surface area contributed by atoms with Crippen LogP contribution in [-0.2, 0) is 22.4 Å². The van der Waals surface area contributed by atoms with E-state index in [-0.39, 0.29) is 33.9 Å². The largest absolute Gasteiger partial charge is 0.489 e. The Morgan fingerprint density at radius 2 is 1.63 bits per heavy atom. The molecule has 3 aromatic rings. The standard InChI is InChI=1S/C24H19Cl2F3N2O4/c1-30-23(32)21(31-33-2)18-6-4-3-5-14(18)13-34-17-11-19(25)22(20(26)12-17)35-16-9-7-15(8-10-16)24(27,28)29/h3-12H,13H2,1-2H3,(H,30,32). The molecule has 0 aliphatic heterocycles. The first kappa shape index (κ1) is 26.2. The second kappa shape index (κ2) is 11.3. The normalized spacial score (nSPS) is 11.7. The van der Waals surface area contributed by atoms with E-state index in [9.17, 15) is 18.0 Å². The number of nitrogens with one attached hydrogen (secondary N) is 1. The van der Waals surface area contributed by atoms with Gasteiger partial charge in [0.1, 0.15) is 25.2 Å². The SMILES string of the molecule is CNC(=O)C(=NOC)c1ccccc1COc1cc(Cl)c(Oc2ccc(C(F)(F)F)cc2)c(Cl)c1. The fourth-order valence-corrected chi connectivity index (χ4v) is 3.55. The van der Waals surface area contributed by atoms with Crippen LogP contribution in [0.15, 0.2) is 65.8 Å². The third kappa shape index (κ3) is 6.58. The molecule has 1 amide bonds. The molecule has 3 aromatic carbocycles. The van der Waals surface area contributed by atoms with E-state index in [1.165, 1.54) is 38.4 Å². The minimum absolute atomic E-state index is 0.0433. The fraction of sp³-hybridized carbons (Fsp3) is 0.167. The van der Waals surface area contributed by atoms with Gasteiger partial charge >= 0.3 is 6.18 Å². The van der Waals surface area contributed by atoms with E-state index < -0.39 is 17.6 Å². The lowest BCUT2D eigenvalue weighted by atomic mass is 10.0. The highest BCUT2D eigenvalue weighted by molar-refractivity contribution is 6.45. The smallest absolute Gasteiger partial charge is 0.416 e. The molecule has 0 fully saturated rings. The third-order valence-electron chi connectivity index (χ3n) is 4.66. The minimum Gasteiger partial charge on any atom is -0.489 e. The van der Waals surface area contributed by atoms with Gasteiger partial charge in [0.15, 0.2) is 11.5 Å². The average Bonchev–Trinajstić information content (AvgIpc) is 2.83. The number of ether oxygens (including phenoxy) is 2. The number of nitrogens with zero attached hydrogens (tertiary/aromatic N) is 1. The number of hydrogen-bond donors (Lipinski definition) is 1. The van der Waals surface area contributed by atoms with Gasteiger partial charge in [-0.05, 0) is 29.8 Å².